The zero-order valence-corrected chi connectivity index (χ0v) is 22.7. The van der Waals surface area contributed by atoms with Gasteiger partial charge >= 0.3 is 219 Å². The fourth-order valence-corrected chi connectivity index (χ4v) is 7.31. The minimum atomic E-state index is -4.51. The number of fused-ring (bicyclic) bond motifs is 1. The maximum absolute atomic E-state index is 13.2. The summed E-state index contributed by atoms with van der Waals surface area (Å²) in [5.41, 5.74) is 2.16. The average Bonchev–Trinajstić information content (AvgIpc) is 3.24. The summed E-state index contributed by atoms with van der Waals surface area (Å²) in [6, 6.07) is 4.30. The summed E-state index contributed by atoms with van der Waals surface area (Å²) >= 11 is 0.220. The molecule has 4 heterocycles. The van der Waals surface area contributed by atoms with Crippen molar-refractivity contribution in [3.05, 3.63) is 34.7 Å². The summed E-state index contributed by atoms with van der Waals surface area (Å²) in [7, 11) is -1.07. The quantitative estimate of drug-likeness (QED) is 0.327. The third-order valence-corrected chi connectivity index (χ3v) is 10.6. The Labute approximate surface area is 218 Å². The van der Waals surface area contributed by atoms with Gasteiger partial charge in [-0.05, 0) is 0 Å². The fraction of sp³-hybridized carbons (Fsp3) is 0.455. The van der Waals surface area contributed by atoms with Crippen molar-refractivity contribution in [3.8, 4) is 16.5 Å². The molecule has 5 rings (SSSR count). The van der Waals surface area contributed by atoms with Crippen molar-refractivity contribution in [2.24, 2.45) is 0 Å². The van der Waals surface area contributed by atoms with Crippen LogP contribution in [0.5, 0.6) is 0 Å². The van der Waals surface area contributed by atoms with E-state index in [-0.39, 0.29) is 9.82 Å². The van der Waals surface area contributed by atoms with Crippen molar-refractivity contribution in [3.63, 3.8) is 0 Å². The molecule has 1 aliphatic carbocycles. The zero-order chi connectivity index (χ0) is 25.7. The molecule has 0 spiro atoms. The van der Waals surface area contributed by atoms with E-state index in [2.05, 4.69) is 26.0 Å². The van der Waals surface area contributed by atoms with E-state index in [1.54, 1.807) is 16.8 Å². The van der Waals surface area contributed by atoms with Crippen LogP contribution in [0, 0.1) is 11.3 Å². The van der Waals surface area contributed by atoms with Crippen LogP contribution in [-0.2, 0) is 17.2 Å². The van der Waals surface area contributed by atoms with Crippen LogP contribution in [0.3, 0.4) is 0 Å². The second kappa shape index (κ2) is 9.70. The first-order valence-corrected chi connectivity index (χ1v) is 14.9. The Morgan fingerprint density at radius 3 is 2.69 bits per heavy atom. The molecule has 36 heavy (non-hydrogen) atoms. The Morgan fingerprint density at radius 1 is 1.33 bits per heavy atom. The number of hydrogen-bond donors (Lipinski definition) is 1. The Balaban J connectivity index is 1.54. The predicted molar refractivity (Wildman–Crippen MR) is 132 cm³/mol. The number of nitrogens with zero attached hydrogens (tertiary/aromatic N) is 6. The van der Waals surface area contributed by atoms with Gasteiger partial charge in [0, 0.05) is 0 Å². The van der Waals surface area contributed by atoms with Gasteiger partial charge in [0.2, 0.25) is 0 Å². The summed E-state index contributed by atoms with van der Waals surface area (Å²) in [5.74, 6) is 0.331. The van der Waals surface area contributed by atoms with Crippen LogP contribution in [0.2, 0.25) is 0 Å². The Morgan fingerprint density at radius 2 is 2.11 bits per heavy atom. The molecule has 0 saturated heterocycles. The van der Waals surface area contributed by atoms with Crippen molar-refractivity contribution >= 4 is 48.5 Å². The standard InChI is InChI=1S/C22H22F3N7OS2Se/c1-13(2)35(33)31-7-3-14(4-8-31)16-9-15(34-30-21(12-26)5-6-21)11-32-17(16)10-27-18(32)19-28-29-20(36-19)22(23,24)25/h3,9-11,13,30H,4-8H2,1-2H3. The Kier molecular flexibility index (Phi) is 6.91. The molecule has 8 nitrogen and oxygen atoms in total. The first-order chi connectivity index (χ1) is 17.1. The third kappa shape index (κ3) is 5.05. The first-order valence-electron chi connectivity index (χ1n) is 11.2. The molecule has 1 N–H and O–H groups in total. The van der Waals surface area contributed by atoms with E-state index in [4.69, 9.17) is 0 Å². The number of hydrogen-bond acceptors (Lipinski definition) is 7. The Bertz CT molecular complexity index is 1400. The van der Waals surface area contributed by atoms with Gasteiger partial charge < -0.3 is 0 Å². The molecule has 3 aromatic heterocycles. The van der Waals surface area contributed by atoms with Gasteiger partial charge in [-0.2, -0.15) is 0 Å². The Hall–Kier alpha value is -2.01. The summed E-state index contributed by atoms with van der Waals surface area (Å²) in [6.07, 6.45) is 3.20. The second-order valence-corrected chi connectivity index (χ2v) is 13.9. The molecule has 0 aromatic carbocycles. The molecule has 2 aliphatic rings. The summed E-state index contributed by atoms with van der Waals surface area (Å²) in [5, 5.41) is 16.6. The number of halogens is 3. The molecule has 1 fully saturated rings. The van der Waals surface area contributed by atoms with E-state index in [1.165, 1.54) is 11.9 Å². The van der Waals surface area contributed by atoms with Crippen molar-refractivity contribution in [2.75, 3.05) is 13.1 Å². The molecular weight excluding hydrogens is 578 g/mol. The van der Waals surface area contributed by atoms with Crippen molar-refractivity contribution < 1.29 is 17.4 Å². The maximum atomic E-state index is 13.2. The SMILES string of the molecule is CC(C)S(=O)N1CC=C(c2cc(SNC3(C#N)CC3)cn3c(-c4nnc(C(F)(F)F)[se]4)ncc23)CC1. The minimum absolute atomic E-state index is 0.0302. The second-order valence-electron chi connectivity index (χ2n) is 8.93. The van der Waals surface area contributed by atoms with Crippen LogP contribution >= 0.6 is 11.9 Å². The van der Waals surface area contributed by atoms with Crippen LogP contribution in [0.25, 0.3) is 21.5 Å². The van der Waals surface area contributed by atoms with Crippen molar-refractivity contribution in [1.82, 2.24) is 28.6 Å². The van der Waals surface area contributed by atoms with Gasteiger partial charge in [0.15, 0.2) is 0 Å². The van der Waals surface area contributed by atoms with E-state index in [0.717, 1.165) is 34.4 Å². The van der Waals surface area contributed by atoms with Crippen molar-refractivity contribution in [1.29, 1.82) is 5.26 Å². The van der Waals surface area contributed by atoms with Gasteiger partial charge in [-0.25, -0.2) is 0 Å². The van der Waals surface area contributed by atoms with Gasteiger partial charge in [-0.3, -0.25) is 0 Å². The normalized spacial score (nSPS) is 18.9. The van der Waals surface area contributed by atoms with E-state index >= 15 is 0 Å². The molecule has 0 bridgehead atoms. The first kappa shape index (κ1) is 25.6. The topological polar surface area (TPSA) is 99.2 Å². The van der Waals surface area contributed by atoms with E-state index in [9.17, 15) is 22.6 Å². The predicted octanol–water partition coefficient (Wildman–Crippen LogP) is 3.68. The fourth-order valence-electron chi connectivity index (χ4n) is 3.85. The van der Waals surface area contributed by atoms with Gasteiger partial charge in [-0.15, -0.1) is 0 Å². The number of pyridine rings is 1. The molecule has 1 unspecified atom stereocenters. The number of aromatic nitrogens is 4. The van der Waals surface area contributed by atoms with Crippen LogP contribution in [0.1, 0.15) is 43.2 Å². The van der Waals surface area contributed by atoms with Crippen molar-refractivity contribution in [2.45, 2.75) is 55.0 Å². The molecule has 1 atom stereocenters. The van der Waals surface area contributed by atoms with Crippen LogP contribution in [0.4, 0.5) is 13.2 Å². The van der Waals surface area contributed by atoms with Gasteiger partial charge in [0.05, 0.1) is 0 Å². The number of alkyl halides is 3. The molecule has 0 radical (unpaired) electrons. The number of nitriles is 1. The molecule has 3 aromatic rings. The molecule has 0 amide bonds. The molecule has 14 heteroatoms. The average molecular weight is 601 g/mol. The number of nitrogens with one attached hydrogen (secondary N) is 1. The van der Waals surface area contributed by atoms with Gasteiger partial charge in [-0.1, -0.05) is 0 Å². The van der Waals surface area contributed by atoms with Gasteiger partial charge in [0.1, 0.15) is 0 Å². The summed E-state index contributed by atoms with van der Waals surface area (Å²) < 4.78 is 58.3. The van der Waals surface area contributed by atoms with Crippen LogP contribution < -0.4 is 4.72 Å². The molecular formula is C22H22F3N7OS2Se. The molecule has 1 saturated carbocycles. The zero-order valence-electron chi connectivity index (χ0n) is 19.4. The molecule has 1 aliphatic heterocycles. The van der Waals surface area contributed by atoms with Gasteiger partial charge in [0.25, 0.3) is 0 Å². The van der Waals surface area contributed by atoms with E-state index < -0.39 is 41.8 Å². The van der Waals surface area contributed by atoms with Crippen LogP contribution in [-0.4, -0.2) is 66.5 Å². The third-order valence-electron chi connectivity index (χ3n) is 5.98. The summed E-state index contributed by atoms with van der Waals surface area (Å²) in [6.45, 7) is 5.03. The van der Waals surface area contributed by atoms with Crippen LogP contribution in [0.15, 0.2) is 29.4 Å². The number of imidazole rings is 1. The number of rotatable bonds is 7. The van der Waals surface area contributed by atoms with E-state index in [0.29, 0.717) is 25.3 Å². The van der Waals surface area contributed by atoms with E-state index in [1.807, 2.05) is 30.3 Å². The monoisotopic (exact) mass is 601 g/mol. The molecule has 190 valence electrons. The summed E-state index contributed by atoms with van der Waals surface area (Å²) in [4.78, 5) is 5.23.